The van der Waals surface area contributed by atoms with E-state index in [-0.39, 0.29) is 12.4 Å². The molecular weight excluding hydrogens is 172 g/mol. The molecule has 1 aliphatic rings. The first-order chi connectivity index (χ1) is 5.29. The Morgan fingerprint density at radius 1 is 1.08 bits per heavy atom. The third-order valence-corrected chi connectivity index (χ3v) is 1.83. The lowest BCUT2D eigenvalue weighted by Gasteiger charge is -1.97. The zero-order valence-electron chi connectivity index (χ0n) is 6.37. The second-order valence-corrected chi connectivity index (χ2v) is 2.56. The smallest absolute Gasteiger partial charge is 0.0639 e. The number of hydrogen-bond donors (Lipinski definition) is 2. The van der Waals surface area contributed by atoms with Crippen LogP contribution in [0.15, 0.2) is 30.3 Å². The molecule has 3 N–H and O–H groups in total. The maximum atomic E-state index is 7.50. The largest absolute Gasteiger partial charge is 0.398 e. The monoisotopic (exact) mass is 180 g/mol. The van der Waals surface area contributed by atoms with Crippen molar-refractivity contribution in [1.82, 2.24) is 0 Å². The first-order valence-electron chi connectivity index (χ1n) is 3.44. The first-order valence-corrected chi connectivity index (χ1v) is 3.44. The highest BCUT2D eigenvalue weighted by atomic mass is 35.5. The van der Waals surface area contributed by atoms with Crippen LogP contribution in [0.3, 0.4) is 0 Å². The Hall–Kier alpha value is -1.28. The molecule has 3 heteroatoms. The summed E-state index contributed by atoms with van der Waals surface area (Å²) in [5.74, 6) is 0. The fraction of sp³-hybridized carbons (Fsp3) is 0. The second kappa shape index (κ2) is 2.99. The van der Waals surface area contributed by atoms with E-state index in [1.165, 1.54) is 0 Å². The third-order valence-electron chi connectivity index (χ3n) is 1.83. The van der Waals surface area contributed by atoms with E-state index in [4.69, 9.17) is 11.1 Å². The normalized spacial score (nSPS) is 13.3. The van der Waals surface area contributed by atoms with E-state index in [0.29, 0.717) is 11.4 Å². The molecule has 0 fully saturated rings. The molecule has 62 valence electrons. The molecule has 0 spiro atoms. The number of nitrogens with one attached hydrogen (secondary N) is 1. The van der Waals surface area contributed by atoms with Gasteiger partial charge >= 0.3 is 0 Å². The maximum absolute atomic E-state index is 7.50. The van der Waals surface area contributed by atoms with Gasteiger partial charge in [-0.15, -0.1) is 12.4 Å². The summed E-state index contributed by atoms with van der Waals surface area (Å²) in [4.78, 5) is 0. The zero-order chi connectivity index (χ0) is 7.84. The quantitative estimate of drug-likeness (QED) is 0.629. The maximum Gasteiger partial charge on any atom is 0.0639 e. The summed E-state index contributed by atoms with van der Waals surface area (Å²) in [5.41, 5.74) is 8.79. The molecule has 0 saturated carbocycles. The van der Waals surface area contributed by atoms with Crippen LogP contribution in [-0.2, 0) is 0 Å². The van der Waals surface area contributed by atoms with Crippen LogP contribution < -0.4 is 5.73 Å². The van der Waals surface area contributed by atoms with Gasteiger partial charge in [0.2, 0.25) is 0 Å². The van der Waals surface area contributed by atoms with Crippen LogP contribution in [0.4, 0.5) is 0 Å². The summed E-state index contributed by atoms with van der Waals surface area (Å²) >= 11 is 0. The van der Waals surface area contributed by atoms with Crippen molar-refractivity contribution < 1.29 is 0 Å². The van der Waals surface area contributed by atoms with E-state index in [1.54, 1.807) is 6.08 Å². The Morgan fingerprint density at radius 3 is 2.25 bits per heavy atom. The average molecular weight is 181 g/mol. The number of allylic oxidation sites excluding steroid dienone is 1. The molecule has 0 radical (unpaired) electrons. The van der Waals surface area contributed by atoms with Crippen molar-refractivity contribution in [3.8, 4) is 0 Å². The molecule has 0 aliphatic heterocycles. The van der Waals surface area contributed by atoms with Crippen molar-refractivity contribution in [1.29, 1.82) is 5.41 Å². The topological polar surface area (TPSA) is 49.9 Å². The summed E-state index contributed by atoms with van der Waals surface area (Å²) in [5, 5.41) is 7.50. The predicted molar refractivity (Wildman–Crippen MR) is 52.7 cm³/mol. The van der Waals surface area contributed by atoms with Gasteiger partial charge in [0.15, 0.2) is 0 Å². The van der Waals surface area contributed by atoms with Crippen LogP contribution in [-0.4, -0.2) is 5.71 Å². The van der Waals surface area contributed by atoms with Gasteiger partial charge in [-0.1, -0.05) is 24.3 Å². The highest BCUT2D eigenvalue weighted by Gasteiger charge is 2.14. The average Bonchev–Trinajstić information content (AvgIpc) is 2.30. The number of hydrogen-bond acceptors (Lipinski definition) is 2. The molecule has 2 rings (SSSR count). The second-order valence-electron chi connectivity index (χ2n) is 2.56. The third kappa shape index (κ3) is 1.10. The van der Waals surface area contributed by atoms with Crippen LogP contribution in [0.2, 0.25) is 0 Å². The lowest BCUT2D eigenvalue weighted by Crippen LogP contribution is -1.93. The summed E-state index contributed by atoms with van der Waals surface area (Å²) in [6.07, 6.45) is 1.69. The molecule has 0 atom stereocenters. The molecule has 0 amide bonds. The van der Waals surface area contributed by atoms with E-state index < -0.39 is 0 Å². The van der Waals surface area contributed by atoms with E-state index in [2.05, 4.69) is 0 Å². The summed E-state index contributed by atoms with van der Waals surface area (Å²) in [6.45, 7) is 0. The van der Waals surface area contributed by atoms with Crippen LogP contribution in [0.5, 0.6) is 0 Å². The minimum absolute atomic E-state index is 0. The van der Waals surface area contributed by atoms with Gasteiger partial charge in [-0.05, 0) is 6.08 Å². The van der Waals surface area contributed by atoms with E-state index >= 15 is 0 Å². The van der Waals surface area contributed by atoms with Gasteiger partial charge in [0.05, 0.1) is 5.71 Å². The number of rotatable bonds is 0. The number of nitrogens with two attached hydrogens (primary N) is 1. The van der Waals surface area contributed by atoms with E-state index in [1.807, 2.05) is 24.3 Å². The van der Waals surface area contributed by atoms with Crippen LogP contribution in [0.25, 0.3) is 5.70 Å². The molecule has 0 bridgehead atoms. The number of benzene rings is 1. The summed E-state index contributed by atoms with van der Waals surface area (Å²) in [6, 6.07) is 7.69. The Labute approximate surface area is 77.0 Å². The fourth-order valence-corrected chi connectivity index (χ4v) is 1.28. The van der Waals surface area contributed by atoms with E-state index in [0.717, 1.165) is 11.1 Å². The molecule has 2 nitrogen and oxygen atoms in total. The van der Waals surface area contributed by atoms with Gasteiger partial charge in [-0.2, -0.15) is 0 Å². The minimum Gasteiger partial charge on any atom is -0.398 e. The van der Waals surface area contributed by atoms with Crippen LogP contribution >= 0.6 is 12.4 Å². The van der Waals surface area contributed by atoms with Gasteiger partial charge in [0, 0.05) is 16.8 Å². The van der Waals surface area contributed by atoms with Crippen molar-refractivity contribution in [3.63, 3.8) is 0 Å². The number of fused-ring (bicyclic) bond motifs is 1. The van der Waals surface area contributed by atoms with Gasteiger partial charge in [-0.3, -0.25) is 0 Å². The van der Waals surface area contributed by atoms with Crippen molar-refractivity contribution in [2.75, 3.05) is 0 Å². The van der Waals surface area contributed by atoms with Crippen molar-refractivity contribution in [3.05, 3.63) is 41.5 Å². The van der Waals surface area contributed by atoms with Gasteiger partial charge in [0.1, 0.15) is 0 Å². The predicted octanol–water partition coefficient (Wildman–Crippen LogP) is 1.79. The Morgan fingerprint density at radius 2 is 1.67 bits per heavy atom. The Bertz CT molecular complexity index is 355. The minimum atomic E-state index is 0. The standard InChI is InChI=1S/C9H8N2.ClH/c10-8-5-9(11)7-4-2-1-3-6(7)8;/h1-5,10H,11H2;1H. The molecular formula is C9H9ClN2. The SMILES string of the molecule is Cl.N=C1C=C(N)c2ccccc21. The van der Waals surface area contributed by atoms with E-state index in [9.17, 15) is 0 Å². The highest BCUT2D eigenvalue weighted by molar-refractivity contribution is 6.17. The van der Waals surface area contributed by atoms with Gasteiger partial charge in [-0.25, -0.2) is 0 Å². The lowest BCUT2D eigenvalue weighted by molar-refractivity contribution is 1.49. The van der Waals surface area contributed by atoms with Crippen molar-refractivity contribution >= 4 is 23.8 Å². The molecule has 0 heterocycles. The fourth-order valence-electron chi connectivity index (χ4n) is 1.28. The summed E-state index contributed by atoms with van der Waals surface area (Å²) < 4.78 is 0. The molecule has 12 heavy (non-hydrogen) atoms. The Balaban J connectivity index is 0.000000720. The van der Waals surface area contributed by atoms with Gasteiger partial charge in [0.25, 0.3) is 0 Å². The van der Waals surface area contributed by atoms with Crippen molar-refractivity contribution in [2.45, 2.75) is 0 Å². The number of halogens is 1. The first kappa shape index (κ1) is 8.81. The van der Waals surface area contributed by atoms with Gasteiger partial charge < -0.3 is 11.1 Å². The zero-order valence-corrected chi connectivity index (χ0v) is 7.19. The summed E-state index contributed by atoms with van der Waals surface area (Å²) in [7, 11) is 0. The Kier molecular flexibility index (Phi) is 2.20. The molecule has 1 aliphatic carbocycles. The molecule has 0 unspecified atom stereocenters. The highest BCUT2D eigenvalue weighted by Crippen LogP contribution is 2.22. The lowest BCUT2D eigenvalue weighted by atomic mass is 10.1. The molecule has 1 aromatic rings. The molecule has 0 aromatic heterocycles. The van der Waals surface area contributed by atoms with Crippen molar-refractivity contribution in [2.24, 2.45) is 5.73 Å². The molecule has 0 saturated heterocycles. The van der Waals surface area contributed by atoms with Crippen LogP contribution in [0.1, 0.15) is 11.1 Å². The van der Waals surface area contributed by atoms with Crippen LogP contribution in [0, 0.1) is 5.41 Å². The molecule has 1 aromatic carbocycles.